The zero-order valence-electron chi connectivity index (χ0n) is 14.1. The van der Waals surface area contributed by atoms with Crippen LogP contribution in [-0.4, -0.2) is 37.7 Å². The number of allylic oxidation sites excluding steroid dienone is 1. The monoisotopic (exact) mass is 313 g/mol. The molecule has 23 heavy (non-hydrogen) atoms. The van der Waals surface area contributed by atoms with Crippen molar-refractivity contribution in [2.45, 2.75) is 20.8 Å². The van der Waals surface area contributed by atoms with E-state index in [1.54, 1.807) is 19.1 Å². The van der Waals surface area contributed by atoms with Gasteiger partial charge in [-0.15, -0.1) is 0 Å². The maximum atomic E-state index is 12.2. The summed E-state index contributed by atoms with van der Waals surface area (Å²) in [4.78, 5) is 30.2. The van der Waals surface area contributed by atoms with Gasteiger partial charge in [-0.1, -0.05) is 5.57 Å². The van der Waals surface area contributed by atoms with Gasteiger partial charge in [-0.25, -0.2) is 4.99 Å². The number of hydrogen-bond donors (Lipinski definition) is 1. The van der Waals surface area contributed by atoms with Crippen LogP contribution in [0.25, 0.3) is 0 Å². The number of carbonyl (C=O) groups excluding carboxylic acids is 2. The Morgan fingerprint density at radius 3 is 2.48 bits per heavy atom. The Bertz CT molecular complexity index is 659. The lowest BCUT2D eigenvalue weighted by Crippen LogP contribution is -2.34. The van der Waals surface area contributed by atoms with Gasteiger partial charge in [-0.05, 0) is 51.1 Å². The quantitative estimate of drug-likeness (QED) is 0.908. The summed E-state index contributed by atoms with van der Waals surface area (Å²) in [5.74, 6) is -0.738. The number of aliphatic imine (C=N–C) groups is 1. The van der Waals surface area contributed by atoms with E-state index < -0.39 is 0 Å². The summed E-state index contributed by atoms with van der Waals surface area (Å²) in [6.45, 7) is 6.93. The van der Waals surface area contributed by atoms with E-state index in [1.807, 2.05) is 32.2 Å². The zero-order chi connectivity index (χ0) is 17.0. The second-order valence-corrected chi connectivity index (χ2v) is 5.80. The van der Waals surface area contributed by atoms with Gasteiger partial charge in [0.05, 0.1) is 5.92 Å². The molecule has 1 aromatic rings. The van der Waals surface area contributed by atoms with Crippen LogP contribution in [0.4, 0.5) is 5.69 Å². The van der Waals surface area contributed by atoms with Crippen LogP contribution in [0.3, 0.4) is 0 Å². The number of benzene rings is 1. The summed E-state index contributed by atoms with van der Waals surface area (Å²) in [6.07, 6.45) is 1.88. The van der Waals surface area contributed by atoms with Crippen molar-refractivity contribution < 1.29 is 9.59 Å². The van der Waals surface area contributed by atoms with Crippen molar-refractivity contribution in [1.82, 2.24) is 5.32 Å². The molecule has 0 fully saturated rings. The summed E-state index contributed by atoms with van der Waals surface area (Å²) in [5, 5.41) is 2.82. The van der Waals surface area contributed by atoms with Gasteiger partial charge in [0, 0.05) is 37.1 Å². The van der Waals surface area contributed by atoms with Gasteiger partial charge in [0.2, 0.25) is 0 Å². The third-order valence-corrected chi connectivity index (χ3v) is 4.08. The van der Waals surface area contributed by atoms with Crippen LogP contribution in [0, 0.1) is 5.92 Å². The van der Waals surface area contributed by atoms with E-state index in [9.17, 15) is 9.59 Å². The number of anilines is 1. The first kappa shape index (κ1) is 16.9. The average Bonchev–Trinajstić information content (AvgIpc) is 2.53. The Labute approximate surface area is 137 Å². The van der Waals surface area contributed by atoms with Gasteiger partial charge >= 0.3 is 0 Å². The van der Waals surface area contributed by atoms with Crippen LogP contribution >= 0.6 is 0 Å². The number of nitrogens with zero attached hydrogens (tertiary/aromatic N) is 2. The Balaban J connectivity index is 1.98. The SMILES string of the molecule is CCN(C)c1ccc(C(=O)NCC2C(=O)N=C(C)C=C2C)cc1. The minimum Gasteiger partial charge on any atom is -0.375 e. The minimum atomic E-state index is -0.367. The first-order chi connectivity index (χ1) is 10.9. The molecule has 0 radical (unpaired) electrons. The number of nitrogens with one attached hydrogen (secondary N) is 1. The maximum Gasteiger partial charge on any atom is 0.254 e. The summed E-state index contributed by atoms with van der Waals surface area (Å²) in [7, 11) is 2.00. The fraction of sp³-hybridized carbons (Fsp3) is 0.389. The lowest BCUT2D eigenvalue weighted by molar-refractivity contribution is -0.120. The molecule has 1 N–H and O–H groups in total. The highest BCUT2D eigenvalue weighted by Gasteiger charge is 2.24. The smallest absolute Gasteiger partial charge is 0.254 e. The van der Waals surface area contributed by atoms with Gasteiger partial charge in [0.25, 0.3) is 11.8 Å². The Kier molecular flexibility index (Phi) is 5.32. The Hall–Kier alpha value is -2.43. The number of rotatable bonds is 5. The highest BCUT2D eigenvalue weighted by Crippen LogP contribution is 2.17. The molecule has 1 aromatic carbocycles. The van der Waals surface area contributed by atoms with Crippen LogP contribution in [-0.2, 0) is 4.79 Å². The molecule has 5 heteroatoms. The third-order valence-electron chi connectivity index (χ3n) is 4.08. The van der Waals surface area contributed by atoms with E-state index in [2.05, 4.69) is 22.1 Å². The standard InChI is InChI=1S/C18H23N3O2/c1-5-21(4)15-8-6-14(7-9-15)17(22)19-11-16-12(2)10-13(3)20-18(16)23/h6-10,16H,5,11H2,1-4H3,(H,19,22). The first-order valence-corrected chi connectivity index (χ1v) is 7.79. The molecule has 1 aliphatic heterocycles. The predicted molar refractivity (Wildman–Crippen MR) is 93.1 cm³/mol. The predicted octanol–water partition coefficient (Wildman–Crippen LogP) is 2.44. The first-order valence-electron chi connectivity index (χ1n) is 7.79. The van der Waals surface area contributed by atoms with Crippen molar-refractivity contribution in [1.29, 1.82) is 0 Å². The van der Waals surface area contributed by atoms with E-state index in [4.69, 9.17) is 0 Å². The molecule has 0 saturated heterocycles. The van der Waals surface area contributed by atoms with Crippen LogP contribution < -0.4 is 10.2 Å². The largest absolute Gasteiger partial charge is 0.375 e. The molecule has 0 bridgehead atoms. The molecule has 1 atom stereocenters. The molecule has 2 amide bonds. The molecule has 0 aliphatic carbocycles. The van der Waals surface area contributed by atoms with Crippen molar-refractivity contribution in [3.05, 3.63) is 41.5 Å². The van der Waals surface area contributed by atoms with Crippen molar-refractivity contribution in [2.24, 2.45) is 10.9 Å². The Morgan fingerprint density at radius 2 is 1.91 bits per heavy atom. The van der Waals surface area contributed by atoms with E-state index in [-0.39, 0.29) is 24.3 Å². The van der Waals surface area contributed by atoms with Gasteiger partial charge in [0.15, 0.2) is 0 Å². The van der Waals surface area contributed by atoms with E-state index in [0.29, 0.717) is 11.3 Å². The van der Waals surface area contributed by atoms with E-state index in [1.165, 1.54) is 0 Å². The van der Waals surface area contributed by atoms with Crippen molar-refractivity contribution in [3.8, 4) is 0 Å². The molecule has 0 saturated carbocycles. The molecule has 2 rings (SSSR count). The molecule has 1 heterocycles. The fourth-order valence-corrected chi connectivity index (χ4v) is 2.50. The van der Waals surface area contributed by atoms with Crippen molar-refractivity contribution >= 4 is 23.2 Å². The van der Waals surface area contributed by atoms with Gasteiger partial charge in [-0.3, -0.25) is 9.59 Å². The highest BCUT2D eigenvalue weighted by atomic mass is 16.2. The van der Waals surface area contributed by atoms with E-state index in [0.717, 1.165) is 17.8 Å². The molecular weight excluding hydrogens is 290 g/mol. The molecule has 1 unspecified atom stereocenters. The van der Waals surface area contributed by atoms with Crippen molar-refractivity contribution in [2.75, 3.05) is 25.0 Å². The molecule has 1 aliphatic rings. The summed E-state index contributed by atoms with van der Waals surface area (Å²) in [6, 6.07) is 7.43. The topological polar surface area (TPSA) is 61.8 Å². The molecule has 0 aromatic heterocycles. The molecule has 122 valence electrons. The average molecular weight is 313 g/mol. The minimum absolute atomic E-state index is 0.178. The summed E-state index contributed by atoms with van der Waals surface area (Å²) in [5.41, 5.74) is 3.30. The van der Waals surface area contributed by atoms with Crippen LogP contribution in [0.1, 0.15) is 31.1 Å². The number of hydrogen-bond acceptors (Lipinski definition) is 3. The number of amides is 2. The normalized spacial score (nSPS) is 17.4. The van der Waals surface area contributed by atoms with Crippen LogP contribution in [0.5, 0.6) is 0 Å². The molecule has 5 nitrogen and oxygen atoms in total. The zero-order valence-corrected chi connectivity index (χ0v) is 14.1. The van der Waals surface area contributed by atoms with Crippen LogP contribution in [0.15, 0.2) is 40.9 Å². The number of carbonyl (C=O) groups is 2. The second-order valence-electron chi connectivity index (χ2n) is 5.80. The third kappa shape index (κ3) is 4.06. The highest BCUT2D eigenvalue weighted by molar-refractivity contribution is 6.06. The second kappa shape index (κ2) is 7.22. The lowest BCUT2D eigenvalue weighted by Gasteiger charge is -2.19. The fourth-order valence-electron chi connectivity index (χ4n) is 2.50. The molecule has 0 spiro atoms. The van der Waals surface area contributed by atoms with E-state index >= 15 is 0 Å². The lowest BCUT2D eigenvalue weighted by atomic mass is 9.96. The van der Waals surface area contributed by atoms with Gasteiger partial charge in [-0.2, -0.15) is 0 Å². The van der Waals surface area contributed by atoms with Gasteiger partial charge in [0.1, 0.15) is 0 Å². The van der Waals surface area contributed by atoms with Crippen molar-refractivity contribution in [3.63, 3.8) is 0 Å². The van der Waals surface area contributed by atoms with Gasteiger partial charge < -0.3 is 10.2 Å². The number of dihydropyridines is 1. The molecular formula is C18H23N3O2. The maximum absolute atomic E-state index is 12.2. The summed E-state index contributed by atoms with van der Waals surface area (Å²) < 4.78 is 0. The summed E-state index contributed by atoms with van der Waals surface area (Å²) >= 11 is 0. The van der Waals surface area contributed by atoms with Crippen LogP contribution in [0.2, 0.25) is 0 Å². The Morgan fingerprint density at radius 1 is 1.26 bits per heavy atom.